The molecule has 0 saturated carbocycles. The van der Waals surface area contributed by atoms with Crippen LogP contribution in [0.25, 0.3) is 0 Å². The minimum atomic E-state index is -5.00. The molecule has 24 heavy (non-hydrogen) atoms. The van der Waals surface area contributed by atoms with Gasteiger partial charge in [0.2, 0.25) is 4.75 Å². The third-order valence-electron chi connectivity index (χ3n) is 3.50. The van der Waals surface area contributed by atoms with Gasteiger partial charge in [0.05, 0.1) is 6.61 Å². The van der Waals surface area contributed by atoms with Crippen molar-refractivity contribution in [3.05, 3.63) is 12.7 Å². The van der Waals surface area contributed by atoms with E-state index in [0.717, 1.165) is 38.2 Å². The van der Waals surface area contributed by atoms with Crippen LogP contribution in [0.4, 0.5) is 0 Å². The van der Waals surface area contributed by atoms with E-state index in [1.807, 2.05) is 0 Å². The number of hydrogen-bond donors (Lipinski definition) is 1. The van der Waals surface area contributed by atoms with Crippen molar-refractivity contribution in [3.63, 3.8) is 0 Å². The van der Waals surface area contributed by atoms with E-state index in [0.29, 0.717) is 6.42 Å². The summed E-state index contributed by atoms with van der Waals surface area (Å²) < 4.78 is 34.7. The van der Waals surface area contributed by atoms with Crippen LogP contribution in [0.5, 0.6) is 0 Å². The predicted molar refractivity (Wildman–Crippen MR) is 83.1 cm³/mol. The van der Waals surface area contributed by atoms with Gasteiger partial charge in [0.25, 0.3) is 10.1 Å². The Bertz CT molecular complexity index is 504. The standard InChI is InChI=1S/C15H26O7S.K/c1-3-5-6-7-8-9-11-22-14(18)15(10-4-2,12-13(16)17)23(19,20)21;/h4H,2-3,5-12H2,1H3,(H,16,17)(H,19,20,21);/q;+1/p-1. The number of unbranched alkanes of at least 4 members (excludes halogenated alkanes) is 5. The van der Waals surface area contributed by atoms with Crippen LogP contribution in [0.1, 0.15) is 58.3 Å². The first-order valence-electron chi connectivity index (χ1n) is 7.66. The molecule has 7 nitrogen and oxygen atoms in total. The van der Waals surface area contributed by atoms with E-state index in [1.54, 1.807) is 0 Å². The van der Waals surface area contributed by atoms with E-state index in [9.17, 15) is 27.7 Å². The topological polar surface area (TPSA) is 121 Å². The number of carbonyl (C=O) groups excluding carboxylic acids is 2. The molecule has 0 aliphatic heterocycles. The number of aliphatic carboxylic acids is 1. The van der Waals surface area contributed by atoms with Crippen LogP contribution in [0.2, 0.25) is 0 Å². The zero-order valence-corrected chi connectivity index (χ0v) is 18.4. The Kier molecular flexibility index (Phi) is 14.8. The van der Waals surface area contributed by atoms with E-state index in [-0.39, 0.29) is 58.0 Å². The molecule has 0 aliphatic carbocycles. The van der Waals surface area contributed by atoms with E-state index >= 15 is 0 Å². The number of esters is 1. The Hall–Kier alpha value is 0.226. The van der Waals surface area contributed by atoms with Gasteiger partial charge < -0.3 is 14.6 Å². The molecule has 0 heterocycles. The van der Waals surface area contributed by atoms with E-state index in [4.69, 9.17) is 4.74 Å². The van der Waals surface area contributed by atoms with Gasteiger partial charge in [-0.2, -0.15) is 8.42 Å². The number of carboxylic acid groups (broad SMARTS) is 1. The molecule has 1 unspecified atom stereocenters. The predicted octanol–water partition coefficient (Wildman–Crippen LogP) is -1.76. The Morgan fingerprint density at radius 3 is 2.21 bits per heavy atom. The second kappa shape index (κ2) is 13.4. The Balaban J connectivity index is 0. The first kappa shape index (κ1) is 26.5. The maximum atomic E-state index is 12.1. The number of rotatable bonds is 13. The zero-order valence-electron chi connectivity index (χ0n) is 14.5. The molecule has 1 atom stereocenters. The van der Waals surface area contributed by atoms with Crippen LogP contribution in [0, 0.1) is 0 Å². The summed E-state index contributed by atoms with van der Waals surface area (Å²) in [5.74, 6) is -3.07. The Morgan fingerprint density at radius 1 is 1.21 bits per heavy atom. The minimum absolute atomic E-state index is 0. The summed E-state index contributed by atoms with van der Waals surface area (Å²) in [6.07, 6.45) is 4.91. The molecular formula is C15H25KO7S. The molecule has 0 radical (unpaired) electrons. The molecular weight excluding hydrogens is 363 g/mol. The second-order valence-electron chi connectivity index (χ2n) is 5.41. The van der Waals surface area contributed by atoms with Crippen molar-refractivity contribution in [3.8, 4) is 0 Å². The van der Waals surface area contributed by atoms with Gasteiger partial charge in [-0.05, 0) is 12.8 Å². The normalized spacial score (nSPS) is 13.4. The van der Waals surface area contributed by atoms with Crippen molar-refractivity contribution in [1.29, 1.82) is 0 Å². The molecule has 0 rings (SSSR count). The Labute approximate surface area is 186 Å². The van der Waals surface area contributed by atoms with Crippen molar-refractivity contribution in [1.82, 2.24) is 0 Å². The first-order chi connectivity index (χ1) is 10.7. The fourth-order valence-electron chi connectivity index (χ4n) is 2.17. The van der Waals surface area contributed by atoms with Crippen LogP contribution in [0.15, 0.2) is 12.7 Å². The molecule has 0 aliphatic rings. The van der Waals surface area contributed by atoms with Crippen molar-refractivity contribution in [2.45, 2.75) is 63.0 Å². The Morgan fingerprint density at radius 2 is 1.75 bits per heavy atom. The number of carboxylic acids is 1. The molecule has 0 amide bonds. The summed E-state index contributed by atoms with van der Waals surface area (Å²) in [5.41, 5.74) is 0. The number of carbonyl (C=O) groups is 2. The third kappa shape index (κ3) is 9.07. The van der Waals surface area contributed by atoms with Crippen LogP contribution < -0.4 is 56.5 Å². The molecule has 0 aromatic heterocycles. The third-order valence-corrected chi connectivity index (χ3v) is 4.97. The van der Waals surface area contributed by atoms with Crippen LogP contribution in [0.3, 0.4) is 0 Å². The SMILES string of the molecule is C=CCC(CC(=O)[O-])(C(=O)OCCCCCCCC)S(=O)(=O)O.[K+]. The monoisotopic (exact) mass is 388 g/mol. The zero-order chi connectivity index (χ0) is 17.9. The van der Waals surface area contributed by atoms with Crippen LogP contribution in [-0.2, 0) is 24.4 Å². The van der Waals surface area contributed by atoms with Gasteiger partial charge in [0.15, 0.2) is 0 Å². The molecule has 0 fully saturated rings. The van der Waals surface area contributed by atoms with Crippen molar-refractivity contribution in [2.75, 3.05) is 6.61 Å². The van der Waals surface area contributed by atoms with E-state index in [1.165, 1.54) is 0 Å². The fraction of sp³-hybridized carbons (Fsp3) is 0.733. The second-order valence-corrected chi connectivity index (χ2v) is 7.15. The molecule has 1 N–H and O–H groups in total. The maximum absolute atomic E-state index is 12.1. The van der Waals surface area contributed by atoms with Gasteiger partial charge in [-0.1, -0.05) is 45.1 Å². The summed E-state index contributed by atoms with van der Waals surface area (Å²) in [7, 11) is -5.00. The first-order valence-corrected chi connectivity index (χ1v) is 9.10. The van der Waals surface area contributed by atoms with Gasteiger partial charge in [-0.15, -0.1) is 6.58 Å². The van der Waals surface area contributed by atoms with Gasteiger partial charge in [0, 0.05) is 12.4 Å². The van der Waals surface area contributed by atoms with Crippen LogP contribution in [-0.4, -0.2) is 36.3 Å². The summed E-state index contributed by atoms with van der Waals surface area (Å²) in [5, 5.41) is 10.8. The number of hydrogen-bond acceptors (Lipinski definition) is 6. The van der Waals surface area contributed by atoms with Gasteiger partial charge in [-0.3, -0.25) is 9.35 Å². The van der Waals surface area contributed by atoms with Crippen molar-refractivity contribution < 1.29 is 83.8 Å². The largest absolute Gasteiger partial charge is 1.00 e. The summed E-state index contributed by atoms with van der Waals surface area (Å²) in [6, 6.07) is 0. The van der Waals surface area contributed by atoms with Crippen molar-refractivity contribution >= 4 is 22.1 Å². The average Bonchev–Trinajstić information content (AvgIpc) is 2.43. The molecule has 0 aromatic rings. The van der Waals surface area contributed by atoms with Gasteiger partial charge in [0.1, 0.15) is 0 Å². The molecule has 0 spiro atoms. The average molecular weight is 389 g/mol. The van der Waals surface area contributed by atoms with E-state index in [2.05, 4.69) is 13.5 Å². The van der Waals surface area contributed by atoms with E-state index < -0.39 is 39.6 Å². The van der Waals surface area contributed by atoms with Gasteiger partial charge >= 0.3 is 57.4 Å². The fourth-order valence-corrected chi connectivity index (χ4v) is 3.07. The van der Waals surface area contributed by atoms with Gasteiger partial charge in [-0.25, -0.2) is 0 Å². The maximum Gasteiger partial charge on any atom is 1.00 e. The quantitative estimate of drug-likeness (QED) is 0.130. The molecule has 0 saturated heterocycles. The summed E-state index contributed by atoms with van der Waals surface area (Å²) in [4.78, 5) is 22.9. The van der Waals surface area contributed by atoms with Crippen molar-refractivity contribution in [2.24, 2.45) is 0 Å². The molecule has 0 aromatic carbocycles. The van der Waals surface area contributed by atoms with Crippen LogP contribution >= 0.6 is 0 Å². The molecule has 9 heteroatoms. The minimum Gasteiger partial charge on any atom is -0.550 e. The summed E-state index contributed by atoms with van der Waals surface area (Å²) in [6.45, 7) is 5.35. The molecule has 0 bridgehead atoms. The number of ether oxygens (including phenoxy) is 1. The number of allylic oxidation sites excluding steroid dienone is 1. The molecule has 134 valence electrons. The summed E-state index contributed by atoms with van der Waals surface area (Å²) >= 11 is 0. The smallest absolute Gasteiger partial charge is 0.550 e.